The number of aromatic nitrogens is 1. The van der Waals surface area contributed by atoms with Crippen LogP contribution in [0.25, 0.3) is 0 Å². The van der Waals surface area contributed by atoms with E-state index in [-0.39, 0.29) is 23.9 Å². The second-order valence-corrected chi connectivity index (χ2v) is 7.92. The lowest BCUT2D eigenvalue weighted by Crippen LogP contribution is -2.36. The van der Waals surface area contributed by atoms with E-state index in [1.165, 1.54) is 17.0 Å². The van der Waals surface area contributed by atoms with Crippen molar-refractivity contribution in [1.29, 1.82) is 0 Å². The summed E-state index contributed by atoms with van der Waals surface area (Å²) >= 11 is 1.71. The molecule has 0 spiro atoms. The number of nitrogens with one attached hydrogen (secondary N) is 1. The summed E-state index contributed by atoms with van der Waals surface area (Å²) in [5.74, 6) is -1.54. The van der Waals surface area contributed by atoms with Gasteiger partial charge in [-0.05, 0) is 18.9 Å². The molecule has 1 amide bonds. The van der Waals surface area contributed by atoms with Crippen LogP contribution in [0.15, 0.2) is 18.2 Å². The molecule has 1 aromatic carbocycles. The number of hydrogen-bond acceptors (Lipinski definition) is 5. The number of benzene rings is 1. The van der Waals surface area contributed by atoms with Gasteiger partial charge in [-0.15, -0.1) is 11.3 Å². The molecule has 2 heterocycles. The molecule has 1 aromatic heterocycles. The zero-order chi connectivity index (χ0) is 18.8. The number of nitrogens with zero attached hydrogens (tertiary/aromatic N) is 2. The number of hydrogen-bond donors (Lipinski definition) is 1. The Balaban J connectivity index is 1.37. The van der Waals surface area contributed by atoms with Crippen molar-refractivity contribution in [2.75, 3.05) is 31.2 Å². The Morgan fingerprint density at radius 3 is 2.93 bits per heavy atom. The number of morpholine rings is 1. The predicted octanol–water partition coefficient (Wildman–Crippen LogP) is 2.68. The molecule has 1 fully saturated rings. The highest BCUT2D eigenvalue weighted by atomic mass is 32.1. The van der Waals surface area contributed by atoms with E-state index < -0.39 is 11.6 Å². The van der Waals surface area contributed by atoms with Crippen molar-refractivity contribution in [2.45, 2.75) is 25.8 Å². The normalized spacial score (nSPS) is 19.6. The molecular formula is C19H21F2N3O2S. The molecule has 5 nitrogen and oxygen atoms in total. The number of ether oxygens (including phenoxy) is 1. The standard InChI is InChI=1S/C19H21F2N3O2S/c20-14-3-1-13(15(21)10-14)11-22-18(25)12-2-4-17-16(9-12)23-19(27-17)24-5-7-26-8-6-24/h1,3,10,12H,2,4-9,11H2,(H,22,25). The molecule has 144 valence electrons. The fourth-order valence-corrected chi connectivity index (χ4v) is 4.63. The van der Waals surface area contributed by atoms with E-state index in [4.69, 9.17) is 9.72 Å². The van der Waals surface area contributed by atoms with Gasteiger partial charge < -0.3 is 15.0 Å². The van der Waals surface area contributed by atoms with Crippen molar-refractivity contribution >= 4 is 22.4 Å². The van der Waals surface area contributed by atoms with Crippen LogP contribution >= 0.6 is 11.3 Å². The molecule has 27 heavy (non-hydrogen) atoms. The zero-order valence-corrected chi connectivity index (χ0v) is 15.7. The van der Waals surface area contributed by atoms with Crippen LogP contribution in [-0.2, 0) is 28.9 Å². The molecule has 0 radical (unpaired) electrons. The Morgan fingerprint density at radius 2 is 2.15 bits per heavy atom. The molecule has 1 atom stereocenters. The number of rotatable bonds is 4. The Kier molecular flexibility index (Phi) is 5.36. The Hall–Kier alpha value is -2.06. The van der Waals surface area contributed by atoms with Gasteiger partial charge in [0.2, 0.25) is 5.91 Å². The highest BCUT2D eigenvalue weighted by molar-refractivity contribution is 7.15. The first-order valence-corrected chi connectivity index (χ1v) is 9.94. The Bertz CT molecular complexity index is 836. The van der Waals surface area contributed by atoms with Crippen molar-refractivity contribution < 1.29 is 18.3 Å². The molecular weight excluding hydrogens is 372 g/mol. The fraction of sp³-hybridized carbons (Fsp3) is 0.474. The van der Waals surface area contributed by atoms with Crippen molar-refractivity contribution in [3.8, 4) is 0 Å². The minimum absolute atomic E-state index is 0.0599. The number of aryl methyl sites for hydroxylation is 1. The minimum Gasteiger partial charge on any atom is -0.378 e. The van der Waals surface area contributed by atoms with Gasteiger partial charge in [-0.1, -0.05) is 6.07 Å². The van der Waals surface area contributed by atoms with Crippen LogP contribution in [0.5, 0.6) is 0 Å². The van der Waals surface area contributed by atoms with E-state index >= 15 is 0 Å². The Labute approximate surface area is 160 Å². The third kappa shape index (κ3) is 4.11. The predicted molar refractivity (Wildman–Crippen MR) is 98.9 cm³/mol. The van der Waals surface area contributed by atoms with Crippen molar-refractivity contribution in [3.63, 3.8) is 0 Å². The van der Waals surface area contributed by atoms with E-state index in [1.54, 1.807) is 11.3 Å². The van der Waals surface area contributed by atoms with Gasteiger partial charge in [-0.2, -0.15) is 0 Å². The lowest BCUT2D eigenvalue weighted by molar-refractivity contribution is -0.125. The van der Waals surface area contributed by atoms with Crippen LogP contribution in [0.3, 0.4) is 0 Å². The van der Waals surface area contributed by atoms with Crippen LogP contribution in [0, 0.1) is 17.6 Å². The highest BCUT2D eigenvalue weighted by Gasteiger charge is 2.28. The Morgan fingerprint density at radius 1 is 1.33 bits per heavy atom. The molecule has 1 aliphatic carbocycles. The molecule has 1 aliphatic heterocycles. The number of halogens is 2. The van der Waals surface area contributed by atoms with Gasteiger partial charge in [-0.3, -0.25) is 4.79 Å². The third-order valence-corrected chi connectivity index (χ3v) is 6.27. The number of anilines is 1. The highest BCUT2D eigenvalue weighted by Crippen LogP contribution is 2.34. The monoisotopic (exact) mass is 393 g/mol. The van der Waals surface area contributed by atoms with Gasteiger partial charge in [0, 0.05) is 48.5 Å². The molecule has 0 bridgehead atoms. The maximum absolute atomic E-state index is 13.7. The van der Waals surface area contributed by atoms with Crippen molar-refractivity contribution in [1.82, 2.24) is 10.3 Å². The average Bonchev–Trinajstić information content (AvgIpc) is 3.11. The molecule has 2 aromatic rings. The largest absolute Gasteiger partial charge is 0.378 e. The van der Waals surface area contributed by atoms with E-state index in [0.717, 1.165) is 56.0 Å². The van der Waals surface area contributed by atoms with Gasteiger partial charge in [0.15, 0.2) is 5.13 Å². The number of fused-ring (bicyclic) bond motifs is 1. The average molecular weight is 393 g/mol. The second-order valence-electron chi connectivity index (χ2n) is 6.86. The second kappa shape index (κ2) is 7.90. The summed E-state index contributed by atoms with van der Waals surface area (Å²) in [6.07, 6.45) is 2.20. The molecule has 1 unspecified atom stereocenters. The minimum atomic E-state index is -0.643. The van der Waals surface area contributed by atoms with Gasteiger partial charge in [0.1, 0.15) is 11.6 Å². The van der Waals surface area contributed by atoms with Gasteiger partial charge in [0.05, 0.1) is 18.9 Å². The van der Waals surface area contributed by atoms with Crippen molar-refractivity contribution in [3.05, 3.63) is 46.0 Å². The van der Waals surface area contributed by atoms with Gasteiger partial charge in [-0.25, -0.2) is 13.8 Å². The number of amides is 1. The third-order valence-electron chi connectivity index (χ3n) is 5.05. The summed E-state index contributed by atoms with van der Waals surface area (Å²) in [5, 5.41) is 3.79. The molecule has 4 rings (SSSR count). The first kappa shape index (κ1) is 18.3. The number of carbonyl (C=O) groups excluding carboxylic acids is 1. The first-order valence-electron chi connectivity index (χ1n) is 9.13. The summed E-state index contributed by atoms with van der Waals surface area (Å²) in [7, 11) is 0. The summed E-state index contributed by atoms with van der Waals surface area (Å²) in [6.45, 7) is 3.19. The van der Waals surface area contributed by atoms with Crippen molar-refractivity contribution in [2.24, 2.45) is 5.92 Å². The summed E-state index contributed by atoms with van der Waals surface area (Å²) in [6, 6.07) is 3.38. The van der Waals surface area contributed by atoms with Crippen LogP contribution in [0.2, 0.25) is 0 Å². The van der Waals surface area contributed by atoms with Gasteiger partial charge in [0.25, 0.3) is 0 Å². The summed E-state index contributed by atoms with van der Waals surface area (Å²) in [5.41, 5.74) is 1.28. The molecule has 2 aliphatic rings. The first-order chi connectivity index (χ1) is 13.1. The summed E-state index contributed by atoms with van der Waals surface area (Å²) in [4.78, 5) is 20.8. The molecule has 1 N–H and O–H groups in total. The zero-order valence-electron chi connectivity index (χ0n) is 14.8. The van der Waals surface area contributed by atoms with Crippen LogP contribution < -0.4 is 10.2 Å². The van der Waals surface area contributed by atoms with E-state index in [9.17, 15) is 13.6 Å². The fourth-order valence-electron chi connectivity index (χ4n) is 3.47. The molecule has 1 saturated heterocycles. The SMILES string of the molecule is O=C(NCc1ccc(F)cc1F)C1CCc2sc(N3CCOCC3)nc2C1. The topological polar surface area (TPSA) is 54.5 Å². The molecule has 8 heteroatoms. The maximum atomic E-state index is 13.7. The van der Waals surface area contributed by atoms with Crippen LogP contribution in [0.4, 0.5) is 13.9 Å². The number of carbonyl (C=O) groups is 1. The smallest absolute Gasteiger partial charge is 0.223 e. The number of thiazole rings is 1. The van der Waals surface area contributed by atoms with E-state index in [2.05, 4.69) is 10.2 Å². The summed E-state index contributed by atoms with van der Waals surface area (Å²) < 4.78 is 32.1. The molecule has 0 saturated carbocycles. The maximum Gasteiger partial charge on any atom is 0.223 e. The lowest BCUT2D eigenvalue weighted by Gasteiger charge is -2.26. The quantitative estimate of drug-likeness (QED) is 0.868. The van der Waals surface area contributed by atoms with Gasteiger partial charge >= 0.3 is 0 Å². The van der Waals surface area contributed by atoms with E-state index in [1.807, 2.05) is 0 Å². The lowest BCUT2D eigenvalue weighted by atomic mass is 9.90. The van der Waals surface area contributed by atoms with Crippen LogP contribution in [-0.4, -0.2) is 37.2 Å². The van der Waals surface area contributed by atoms with E-state index in [0.29, 0.717) is 6.42 Å². The van der Waals surface area contributed by atoms with Crippen LogP contribution in [0.1, 0.15) is 22.6 Å².